The number of sulfone groups is 1. The van der Waals surface area contributed by atoms with Crippen LogP contribution in [-0.4, -0.2) is 14.2 Å². The quantitative estimate of drug-likeness (QED) is 0.730. The Bertz CT molecular complexity index is 297. The van der Waals surface area contributed by atoms with Crippen LogP contribution < -0.4 is 0 Å². The minimum atomic E-state index is -2.95. The Morgan fingerprint density at radius 1 is 1.55 bits per heavy atom. The maximum absolute atomic E-state index is 11.3. The van der Waals surface area contributed by atoms with Crippen LogP contribution in [0.15, 0.2) is 21.7 Å². The first-order valence-electron chi connectivity index (χ1n) is 3.43. The van der Waals surface area contributed by atoms with Crippen LogP contribution in [0.5, 0.6) is 0 Å². The molecule has 0 saturated carbocycles. The summed E-state index contributed by atoms with van der Waals surface area (Å²) in [6.45, 7) is 1.87. The second-order valence-corrected chi connectivity index (χ2v) is 5.53. The van der Waals surface area contributed by atoms with Crippen LogP contribution in [0.25, 0.3) is 0 Å². The molecule has 2 nitrogen and oxygen atoms in total. The molecule has 0 bridgehead atoms. The lowest BCUT2D eigenvalue weighted by atomic mass is 10.6. The molecule has 0 aliphatic rings. The molecule has 4 heteroatoms. The first kappa shape index (κ1) is 8.74. The Balaban J connectivity index is 2.92. The van der Waals surface area contributed by atoms with Crippen molar-refractivity contribution in [3.63, 3.8) is 0 Å². The van der Waals surface area contributed by atoms with Crippen molar-refractivity contribution in [2.45, 2.75) is 17.6 Å². The lowest BCUT2D eigenvalue weighted by Crippen LogP contribution is -2.02. The van der Waals surface area contributed by atoms with Crippen molar-refractivity contribution in [1.82, 2.24) is 0 Å². The summed E-state index contributed by atoms with van der Waals surface area (Å²) in [5.74, 6) is 0.257. The Labute approximate surface area is 70.8 Å². The molecule has 0 aromatic carbocycles. The van der Waals surface area contributed by atoms with Crippen molar-refractivity contribution in [2.24, 2.45) is 0 Å². The molecular formula is C7H10O2S2. The van der Waals surface area contributed by atoms with Crippen LogP contribution in [0.4, 0.5) is 0 Å². The molecule has 0 aliphatic heterocycles. The topological polar surface area (TPSA) is 34.1 Å². The van der Waals surface area contributed by atoms with E-state index < -0.39 is 9.84 Å². The van der Waals surface area contributed by atoms with Crippen molar-refractivity contribution in [1.29, 1.82) is 0 Å². The van der Waals surface area contributed by atoms with Gasteiger partial charge in [0.1, 0.15) is 4.21 Å². The van der Waals surface area contributed by atoms with Gasteiger partial charge in [0.2, 0.25) is 0 Å². The van der Waals surface area contributed by atoms with E-state index >= 15 is 0 Å². The van der Waals surface area contributed by atoms with Gasteiger partial charge in [-0.1, -0.05) is 13.0 Å². The fourth-order valence-electron chi connectivity index (χ4n) is 0.810. The summed E-state index contributed by atoms with van der Waals surface area (Å²) in [6.07, 6.45) is 0.681. The molecule has 0 radical (unpaired) electrons. The van der Waals surface area contributed by atoms with Gasteiger partial charge in [-0.15, -0.1) is 11.3 Å². The third kappa shape index (κ3) is 2.04. The van der Waals surface area contributed by atoms with Gasteiger partial charge in [-0.3, -0.25) is 0 Å². The van der Waals surface area contributed by atoms with Crippen molar-refractivity contribution in [2.75, 3.05) is 5.75 Å². The third-order valence-corrected chi connectivity index (χ3v) is 4.68. The molecule has 1 aromatic rings. The van der Waals surface area contributed by atoms with E-state index in [2.05, 4.69) is 0 Å². The molecule has 0 N–H and O–H groups in total. The fourth-order valence-corrected chi connectivity index (χ4v) is 3.29. The summed E-state index contributed by atoms with van der Waals surface area (Å²) >= 11 is 1.28. The molecule has 1 aromatic heterocycles. The highest BCUT2D eigenvalue weighted by molar-refractivity contribution is 7.93. The van der Waals surface area contributed by atoms with Gasteiger partial charge < -0.3 is 0 Å². The fraction of sp³-hybridized carbons (Fsp3) is 0.429. The van der Waals surface area contributed by atoms with Crippen molar-refractivity contribution in [3.8, 4) is 0 Å². The molecule has 1 heterocycles. The Morgan fingerprint density at radius 3 is 2.73 bits per heavy atom. The molecule has 62 valence electrons. The summed E-state index contributed by atoms with van der Waals surface area (Å²) in [4.78, 5) is 0. The van der Waals surface area contributed by atoms with Crippen molar-refractivity contribution in [3.05, 3.63) is 17.5 Å². The van der Waals surface area contributed by atoms with Crippen LogP contribution in [0, 0.1) is 0 Å². The number of hydrogen-bond acceptors (Lipinski definition) is 3. The summed E-state index contributed by atoms with van der Waals surface area (Å²) in [5.41, 5.74) is 0. The standard InChI is InChI=1S/C7H10O2S2/c1-2-6-11(8,9)7-4-3-5-10-7/h3-5H,2,6H2,1H3. The largest absolute Gasteiger partial charge is 0.223 e. The Kier molecular flexibility index (Phi) is 2.67. The van der Waals surface area contributed by atoms with E-state index in [4.69, 9.17) is 0 Å². The van der Waals surface area contributed by atoms with E-state index in [9.17, 15) is 8.42 Å². The van der Waals surface area contributed by atoms with E-state index in [0.29, 0.717) is 10.6 Å². The van der Waals surface area contributed by atoms with Crippen molar-refractivity contribution < 1.29 is 8.42 Å². The number of hydrogen-bond donors (Lipinski definition) is 0. The predicted molar refractivity (Wildman–Crippen MR) is 46.7 cm³/mol. The molecule has 0 spiro atoms. The van der Waals surface area contributed by atoms with Gasteiger partial charge in [-0.05, 0) is 17.9 Å². The van der Waals surface area contributed by atoms with Gasteiger partial charge in [0.15, 0.2) is 9.84 Å². The van der Waals surface area contributed by atoms with E-state index in [1.807, 2.05) is 6.92 Å². The van der Waals surface area contributed by atoms with E-state index in [1.54, 1.807) is 17.5 Å². The van der Waals surface area contributed by atoms with Crippen LogP contribution in [0.2, 0.25) is 0 Å². The van der Waals surface area contributed by atoms with Crippen LogP contribution in [0.3, 0.4) is 0 Å². The zero-order valence-electron chi connectivity index (χ0n) is 6.28. The summed E-state index contributed by atoms with van der Waals surface area (Å²) in [6, 6.07) is 3.41. The minimum Gasteiger partial charge on any atom is -0.223 e. The highest BCUT2D eigenvalue weighted by Gasteiger charge is 2.12. The second kappa shape index (κ2) is 3.36. The summed E-state index contributed by atoms with van der Waals surface area (Å²) in [5, 5.41) is 1.78. The Morgan fingerprint density at radius 2 is 2.27 bits per heavy atom. The lowest BCUT2D eigenvalue weighted by molar-refractivity contribution is 0.596. The monoisotopic (exact) mass is 190 g/mol. The van der Waals surface area contributed by atoms with Crippen LogP contribution >= 0.6 is 11.3 Å². The average molecular weight is 190 g/mol. The lowest BCUT2D eigenvalue weighted by Gasteiger charge is -1.96. The zero-order valence-corrected chi connectivity index (χ0v) is 7.91. The summed E-state index contributed by atoms with van der Waals surface area (Å²) in [7, 11) is -2.95. The van der Waals surface area contributed by atoms with E-state index in [1.165, 1.54) is 11.3 Å². The predicted octanol–water partition coefficient (Wildman–Crippen LogP) is 1.93. The number of rotatable bonds is 3. The molecule has 0 unspecified atom stereocenters. The molecule has 0 atom stereocenters. The van der Waals surface area contributed by atoms with Gasteiger partial charge in [0.05, 0.1) is 5.75 Å². The molecule has 1 rings (SSSR count). The highest BCUT2D eigenvalue weighted by atomic mass is 32.2. The van der Waals surface area contributed by atoms with Gasteiger partial charge in [-0.25, -0.2) is 8.42 Å². The maximum atomic E-state index is 11.3. The molecule has 0 amide bonds. The minimum absolute atomic E-state index is 0.257. The normalized spacial score (nSPS) is 11.7. The SMILES string of the molecule is CCCS(=O)(=O)c1cccs1. The van der Waals surface area contributed by atoms with Crippen molar-refractivity contribution >= 4 is 21.2 Å². The summed E-state index contributed by atoms with van der Waals surface area (Å²) < 4.78 is 23.1. The van der Waals surface area contributed by atoms with Crippen LogP contribution in [-0.2, 0) is 9.84 Å². The molecular weight excluding hydrogens is 180 g/mol. The third-order valence-electron chi connectivity index (χ3n) is 1.27. The molecule has 0 fully saturated rings. The van der Waals surface area contributed by atoms with E-state index in [0.717, 1.165) is 0 Å². The van der Waals surface area contributed by atoms with Gasteiger partial charge in [0, 0.05) is 0 Å². The van der Waals surface area contributed by atoms with E-state index in [-0.39, 0.29) is 5.75 Å². The smallest absolute Gasteiger partial charge is 0.187 e. The average Bonchev–Trinajstić information content (AvgIpc) is 2.37. The zero-order chi connectivity index (χ0) is 8.32. The first-order valence-corrected chi connectivity index (χ1v) is 5.96. The Hall–Kier alpha value is -0.350. The maximum Gasteiger partial charge on any atom is 0.187 e. The molecule has 0 aliphatic carbocycles. The molecule has 0 saturated heterocycles. The second-order valence-electron chi connectivity index (χ2n) is 2.25. The van der Waals surface area contributed by atoms with Crippen LogP contribution in [0.1, 0.15) is 13.3 Å². The highest BCUT2D eigenvalue weighted by Crippen LogP contribution is 2.17. The van der Waals surface area contributed by atoms with Gasteiger partial charge >= 0.3 is 0 Å². The first-order chi connectivity index (χ1) is 5.17. The van der Waals surface area contributed by atoms with Gasteiger partial charge in [0.25, 0.3) is 0 Å². The van der Waals surface area contributed by atoms with Gasteiger partial charge in [-0.2, -0.15) is 0 Å². The number of thiophene rings is 1. The molecule has 11 heavy (non-hydrogen) atoms.